The number of hydrogen-bond donors (Lipinski definition) is 3. The summed E-state index contributed by atoms with van der Waals surface area (Å²) in [6.45, 7) is 2.51. The van der Waals surface area contributed by atoms with Gasteiger partial charge in [-0.2, -0.15) is 4.98 Å². The first kappa shape index (κ1) is 20.1. The number of benzene rings is 1. The van der Waals surface area contributed by atoms with Crippen LogP contribution in [0.15, 0.2) is 41.4 Å². The van der Waals surface area contributed by atoms with Crippen molar-refractivity contribution in [3.05, 3.63) is 42.1 Å². The number of anilines is 2. The van der Waals surface area contributed by atoms with E-state index in [2.05, 4.69) is 39.6 Å². The van der Waals surface area contributed by atoms with E-state index in [1.165, 1.54) is 12.1 Å². The molecule has 0 fully saturated rings. The van der Waals surface area contributed by atoms with Crippen LogP contribution < -0.4 is 15.8 Å². The van der Waals surface area contributed by atoms with Crippen molar-refractivity contribution in [1.82, 2.24) is 14.9 Å². The number of nitrogens with one attached hydrogen (secondary N) is 2. The van der Waals surface area contributed by atoms with Crippen molar-refractivity contribution in [3.63, 3.8) is 0 Å². The minimum Gasteiger partial charge on any atom is -0.370 e. The smallest absolute Gasteiger partial charge is 0.238 e. The largest absolute Gasteiger partial charge is 0.370 e. The second-order valence-corrected chi connectivity index (χ2v) is 7.78. The van der Waals surface area contributed by atoms with Gasteiger partial charge in [-0.25, -0.2) is 18.5 Å². The number of primary sulfonamides is 1. The van der Waals surface area contributed by atoms with Gasteiger partial charge in [0.15, 0.2) is 0 Å². The molecule has 0 atom stereocenters. The van der Waals surface area contributed by atoms with Crippen molar-refractivity contribution in [1.29, 1.82) is 0 Å². The summed E-state index contributed by atoms with van der Waals surface area (Å²) in [5, 5.41) is 11.5. The Bertz CT molecular complexity index is 793. The van der Waals surface area contributed by atoms with Gasteiger partial charge < -0.3 is 15.5 Å². The van der Waals surface area contributed by atoms with Gasteiger partial charge in [-0.15, -0.1) is 0 Å². The van der Waals surface area contributed by atoms with E-state index in [1.54, 1.807) is 18.3 Å². The molecule has 0 aliphatic heterocycles. The van der Waals surface area contributed by atoms with Crippen molar-refractivity contribution in [3.8, 4) is 0 Å². The highest BCUT2D eigenvalue weighted by Crippen LogP contribution is 2.10. The first-order chi connectivity index (χ1) is 12.3. The van der Waals surface area contributed by atoms with Crippen LogP contribution >= 0.6 is 0 Å². The zero-order valence-corrected chi connectivity index (χ0v) is 16.0. The second-order valence-electron chi connectivity index (χ2n) is 6.21. The maximum absolute atomic E-state index is 11.2. The van der Waals surface area contributed by atoms with E-state index in [0.717, 1.165) is 37.3 Å². The SMILES string of the molecule is CN(C)CCCNc1ccnc(NCCc2ccc(S(N)(=O)=O)cc2)n1. The van der Waals surface area contributed by atoms with Gasteiger partial charge in [0.2, 0.25) is 16.0 Å². The number of nitrogens with two attached hydrogens (primary N) is 1. The van der Waals surface area contributed by atoms with Gasteiger partial charge in [0.25, 0.3) is 0 Å². The molecule has 0 amide bonds. The van der Waals surface area contributed by atoms with Crippen LogP contribution in [0.5, 0.6) is 0 Å². The molecule has 0 radical (unpaired) electrons. The molecule has 0 saturated heterocycles. The van der Waals surface area contributed by atoms with Gasteiger partial charge >= 0.3 is 0 Å². The molecule has 2 aromatic rings. The summed E-state index contributed by atoms with van der Waals surface area (Å²) in [6.07, 6.45) is 3.47. The maximum atomic E-state index is 11.2. The molecule has 26 heavy (non-hydrogen) atoms. The number of rotatable bonds is 10. The van der Waals surface area contributed by atoms with Crippen molar-refractivity contribution < 1.29 is 8.42 Å². The van der Waals surface area contributed by atoms with Crippen molar-refractivity contribution in [2.24, 2.45) is 5.14 Å². The van der Waals surface area contributed by atoms with Gasteiger partial charge in [0, 0.05) is 19.3 Å². The zero-order valence-electron chi connectivity index (χ0n) is 15.1. The normalized spacial score (nSPS) is 11.5. The summed E-state index contributed by atoms with van der Waals surface area (Å²) in [5.74, 6) is 1.35. The van der Waals surface area contributed by atoms with E-state index in [-0.39, 0.29) is 4.90 Å². The molecule has 8 nitrogen and oxygen atoms in total. The Morgan fingerprint density at radius 1 is 1.08 bits per heavy atom. The van der Waals surface area contributed by atoms with Crippen molar-refractivity contribution >= 4 is 21.8 Å². The quantitative estimate of drug-likeness (QED) is 0.531. The molecule has 1 heterocycles. The third kappa shape index (κ3) is 6.95. The van der Waals surface area contributed by atoms with Crippen LogP contribution in [0.2, 0.25) is 0 Å². The molecule has 1 aromatic carbocycles. The lowest BCUT2D eigenvalue weighted by atomic mass is 10.1. The summed E-state index contributed by atoms with van der Waals surface area (Å²) in [5.41, 5.74) is 1.00. The highest BCUT2D eigenvalue weighted by Gasteiger charge is 2.06. The summed E-state index contributed by atoms with van der Waals surface area (Å²) in [7, 11) is 0.454. The van der Waals surface area contributed by atoms with E-state index in [0.29, 0.717) is 12.5 Å². The van der Waals surface area contributed by atoms with Crippen molar-refractivity contribution in [2.45, 2.75) is 17.7 Å². The summed E-state index contributed by atoms with van der Waals surface area (Å²) in [6, 6.07) is 8.38. The van der Waals surface area contributed by atoms with Gasteiger partial charge in [-0.1, -0.05) is 12.1 Å². The highest BCUT2D eigenvalue weighted by molar-refractivity contribution is 7.89. The Labute approximate surface area is 154 Å². The third-order valence-electron chi connectivity index (χ3n) is 3.69. The number of hydrogen-bond acceptors (Lipinski definition) is 7. The second kappa shape index (κ2) is 9.46. The molecule has 0 bridgehead atoms. The summed E-state index contributed by atoms with van der Waals surface area (Å²) < 4.78 is 22.5. The zero-order chi connectivity index (χ0) is 19.0. The van der Waals surface area contributed by atoms with Crippen LogP contribution in [0, 0.1) is 0 Å². The van der Waals surface area contributed by atoms with Crippen LogP contribution in [0.25, 0.3) is 0 Å². The summed E-state index contributed by atoms with van der Waals surface area (Å²) in [4.78, 5) is 10.9. The molecular formula is C17H26N6O2S. The van der Waals surface area contributed by atoms with Crippen molar-refractivity contribution in [2.75, 3.05) is 44.4 Å². The Hall–Kier alpha value is -2.23. The molecule has 4 N–H and O–H groups in total. The molecule has 0 saturated carbocycles. The van der Waals surface area contributed by atoms with Gasteiger partial charge in [-0.3, -0.25) is 0 Å². The Kier molecular flexibility index (Phi) is 7.31. The first-order valence-corrected chi connectivity index (χ1v) is 9.96. The molecule has 2 rings (SSSR count). The highest BCUT2D eigenvalue weighted by atomic mass is 32.2. The Morgan fingerprint density at radius 2 is 1.81 bits per heavy atom. The molecule has 1 aromatic heterocycles. The van der Waals surface area contributed by atoms with E-state index < -0.39 is 10.0 Å². The molecule has 0 unspecified atom stereocenters. The minimum atomic E-state index is -3.65. The van der Waals surface area contributed by atoms with Gasteiger partial charge in [0.1, 0.15) is 5.82 Å². The third-order valence-corrected chi connectivity index (χ3v) is 4.62. The van der Waals surface area contributed by atoms with E-state index >= 15 is 0 Å². The topological polar surface area (TPSA) is 113 Å². The van der Waals surface area contributed by atoms with Crippen LogP contribution in [0.3, 0.4) is 0 Å². The van der Waals surface area contributed by atoms with Gasteiger partial charge in [0.05, 0.1) is 4.90 Å². The predicted molar refractivity (Wildman–Crippen MR) is 104 cm³/mol. The first-order valence-electron chi connectivity index (χ1n) is 8.42. The fraction of sp³-hybridized carbons (Fsp3) is 0.412. The molecule has 9 heteroatoms. The van der Waals surface area contributed by atoms with Crippen LogP contribution in [0.4, 0.5) is 11.8 Å². The van der Waals surface area contributed by atoms with Crippen LogP contribution in [-0.2, 0) is 16.4 Å². The lowest BCUT2D eigenvalue weighted by Gasteiger charge is -2.11. The lowest BCUT2D eigenvalue weighted by molar-refractivity contribution is 0.405. The molecule has 142 valence electrons. The van der Waals surface area contributed by atoms with Crippen LogP contribution in [0.1, 0.15) is 12.0 Å². The summed E-state index contributed by atoms with van der Waals surface area (Å²) >= 11 is 0. The Morgan fingerprint density at radius 3 is 2.46 bits per heavy atom. The fourth-order valence-corrected chi connectivity index (χ4v) is 2.83. The van der Waals surface area contributed by atoms with E-state index in [9.17, 15) is 8.42 Å². The fourth-order valence-electron chi connectivity index (χ4n) is 2.32. The maximum Gasteiger partial charge on any atom is 0.238 e. The lowest BCUT2D eigenvalue weighted by Crippen LogP contribution is -2.17. The van der Waals surface area contributed by atoms with Crippen LogP contribution in [-0.4, -0.2) is 57.0 Å². The Balaban J connectivity index is 1.79. The van der Waals surface area contributed by atoms with E-state index in [1.807, 2.05) is 6.07 Å². The average Bonchev–Trinajstić information content (AvgIpc) is 2.59. The van der Waals surface area contributed by atoms with Gasteiger partial charge in [-0.05, 0) is 57.2 Å². The number of aromatic nitrogens is 2. The molecule has 0 spiro atoms. The average molecular weight is 379 g/mol. The van der Waals surface area contributed by atoms with E-state index in [4.69, 9.17) is 5.14 Å². The predicted octanol–water partition coefficient (Wildman–Crippen LogP) is 1.14. The number of nitrogens with zero attached hydrogens (tertiary/aromatic N) is 3. The monoisotopic (exact) mass is 378 g/mol. The standard InChI is InChI=1S/C17H26N6O2S/c1-23(2)13-3-10-19-16-9-12-21-17(22-16)20-11-8-14-4-6-15(7-5-14)26(18,24)25/h4-7,9,12H,3,8,10-11,13H2,1-2H3,(H2,18,24,25)(H2,19,20,21,22). The molecular weight excluding hydrogens is 352 g/mol. The molecule has 0 aliphatic rings. The number of sulfonamides is 1. The molecule has 0 aliphatic carbocycles. The minimum absolute atomic E-state index is 0.116.